The Morgan fingerprint density at radius 3 is 3.09 bits per heavy atom. The number of hydrogen-bond acceptors (Lipinski definition) is 3. The molecule has 5 nitrogen and oxygen atoms in total. The van der Waals surface area contributed by atoms with Gasteiger partial charge in [-0.3, -0.25) is 0 Å². The molecule has 1 unspecified atom stereocenters. The summed E-state index contributed by atoms with van der Waals surface area (Å²) in [4.78, 5) is 12.1. The smallest absolute Gasteiger partial charge is 0.194 e. The second-order valence-corrected chi connectivity index (χ2v) is 7.72. The summed E-state index contributed by atoms with van der Waals surface area (Å²) < 4.78 is 2.31. The van der Waals surface area contributed by atoms with Gasteiger partial charge in [0.15, 0.2) is 5.96 Å². The van der Waals surface area contributed by atoms with Crippen LogP contribution in [0.3, 0.4) is 0 Å². The van der Waals surface area contributed by atoms with E-state index in [1.54, 1.807) is 0 Å². The highest BCUT2D eigenvalue weighted by atomic mass is 32.2. The fourth-order valence-corrected chi connectivity index (χ4v) is 4.47. The van der Waals surface area contributed by atoms with Gasteiger partial charge >= 0.3 is 0 Å². The number of aryl methyl sites for hydroxylation is 2. The van der Waals surface area contributed by atoms with Crippen molar-refractivity contribution in [3.63, 3.8) is 0 Å². The van der Waals surface area contributed by atoms with E-state index in [-0.39, 0.29) is 0 Å². The molecule has 6 heteroatoms. The first kappa shape index (κ1) is 16.7. The second-order valence-electron chi connectivity index (χ2n) is 6.32. The van der Waals surface area contributed by atoms with Gasteiger partial charge in [0.2, 0.25) is 0 Å². The normalized spacial score (nSPS) is 22.1. The van der Waals surface area contributed by atoms with Gasteiger partial charge in [-0.1, -0.05) is 6.92 Å². The van der Waals surface area contributed by atoms with E-state index in [0.717, 1.165) is 49.5 Å². The van der Waals surface area contributed by atoms with E-state index in [4.69, 9.17) is 9.98 Å². The van der Waals surface area contributed by atoms with Crippen LogP contribution in [0.5, 0.6) is 0 Å². The van der Waals surface area contributed by atoms with Crippen LogP contribution in [-0.4, -0.2) is 51.0 Å². The summed E-state index contributed by atoms with van der Waals surface area (Å²) >= 11 is 2.09. The summed E-state index contributed by atoms with van der Waals surface area (Å²) in [6.07, 6.45) is 7.09. The first-order chi connectivity index (χ1) is 11.3. The predicted molar refractivity (Wildman–Crippen MR) is 98.1 cm³/mol. The van der Waals surface area contributed by atoms with Crippen molar-refractivity contribution in [2.45, 2.75) is 57.9 Å². The highest BCUT2D eigenvalue weighted by Crippen LogP contribution is 2.21. The lowest BCUT2D eigenvalue weighted by Gasteiger charge is -2.34. The third-order valence-electron chi connectivity index (χ3n) is 4.58. The molecule has 3 heterocycles. The minimum Gasteiger partial charge on any atom is -0.357 e. The van der Waals surface area contributed by atoms with Crippen molar-refractivity contribution in [2.24, 2.45) is 4.99 Å². The average molecular weight is 336 g/mol. The van der Waals surface area contributed by atoms with Gasteiger partial charge in [-0.25, -0.2) is 9.98 Å². The monoisotopic (exact) mass is 335 g/mol. The molecule has 23 heavy (non-hydrogen) atoms. The molecule has 0 amide bonds. The van der Waals surface area contributed by atoms with E-state index in [1.807, 2.05) is 0 Å². The molecule has 0 saturated carbocycles. The van der Waals surface area contributed by atoms with Gasteiger partial charge in [-0.15, -0.1) is 0 Å². The number of hydrogen-bond donors (Lipinski definition) is 1. The van der Waals surface area contributed by atoms with Crippen LogP contribution in [0.25, 0.3) is 0 Å². The maximum Gasteiger partial charge on any atom is 0.194 e. The SMILES string of the molecule is CCNC(=NCc1cn2c(n1)CCCC2)N1CCSC(CC)C1. The molecule has 3 rings (SSSR count). The van der Waals surface area contributed by atoms with Crippen molar-refractivity contribution in [2.75, 3.05) is 25.4 Å². The molecule has 0 aromatic carbocycles. The standard InChI is InChI=1S/C17H29N5S/c1-3-15-13-22(9-10-23-15)17(18-4-2)19-11-14-12-21-8-6-5-7-16(21)20-14/h12,15H,3-11,13H2,1-2H3,(H,18,19). The third-order valence-corrected chi connectivity index (χ3v) is 5.95. The Bertz CT molecular complexity index is 516. The zero-order chi connectivity index (χ0) is 16.1. The van der Waals surface area contributed by atoms with Crippen molar-refractivity contribution in [1.29, 1.82) is 0 Å². The number of nitrogens with zero attached hydrogens (tertiary/aromatic N) is 4. The number of aromatic nitrogens is 2. The number of aliphatic imine (C=N–C) groups is 1. The largest absolute Gasteiger partial charge is 0.357 e. The molecule has 0 spiro atoms. The van der Waals surface area contributed by atoms with Crippen molar-refractivity contribution < 1.29 is 0 Å². The molecule has 2 aliphatic heterocycles. The first-order valence-corrected chi connectivity index (χ1v) is 10.0. The van der Waals surface area contributed by atoms with E-state index in [1.165, 1.54) is 30.8 Å². The van der Waals surface area contributed by atoms with E-state index in [2.05, 4.69) is 46.6 Å². The second kappa shape index (κ2) is 8.08. The summed E-state index contributed by atoms with van der Waals surface area (Å²) in [5, 5.41) is 4.19. The molecule has 1 atom stereocenters. The van der Waals surface area contributed by atoms with Gasteiger partial charge in [-0.2, -0.15) is 11.8 Å². The molecule has 0 radical (unpaired) electrons. The predicted octanol–water partition coefficient (Wildman–Crippen LogP) is 2.51. The maximum atomic E-state index is 4.87. The number of fused-ring (bicyclic) bond motifs is 1. The van der Waals surface area contributed by atoms with E-state index < -0.39 is 0 Å². The highest BCUT2D eigenvalue weighted by molar-refractivity contribution is 8.00. The van der Waals surface area contributed by atoms with Gasteiger partial charge < -0.3 is 14.8 Å². The molecule has 0 aliphatic carbocycles. The van der Waals surface area contributed by atoms with Gasteiger partial charge in [0.1, 0.15) is 5.82 Å². The molecule has 1 aromatic rings. The van der Waals surface area contributed by atoms with E-state index in [9.17, 15) is 0 Å². The van der Waals surface area contributed by atoms with Crippen molar-refractivity contribution >= 4 is 17.7 Å². The molecule has 0 bridgehead atoms. The zero-order valence-corrected chi connectivity index (χ0v) is 15.2. The molecule has 1 saturated heterocycles. The quantitative estimate of drug-likeness (QED) is 0.678. The Morgan fingerprint density at radius 1 is 1.39 bits per heavy atom. The topological polar surface area (TPSA) is 45.5 Å². The number of guanidine groups is 1. The summed E-state index contributed by atoms with van der Waals surface area (Å²) in [6, 6.07) is 0. The summed E-state index contributed by atoms with van der Waals surface area (Å²) in [5.41, 5.74) is 1.11. The van der Waals surface area contributed by atoms with Gasteiger partial charge in [0.25, 0.3) is 0 Å². The van der Waals surface area contributed by atoms with Gasteiger partial charge in [0, 0.05) is 49.8 Å². The lowest BCUT2D eigenvalue weighted by atomic mass is 10.2. The molecular formula is C17H29N5S. The van der Waals surface area contributed by atoms with Crippen LogP contribution in [0.15, 0.2) is 11.2 Å². The van der Waals surface area contributed by atoms with Crippen LogP contribution in [0.1, 0.15) is 44.6 Å². The van der Waals surface area contributed by atoms with Crippen molar-refractivity contribution in [3.8, 4) is 0 Å². The number of rotatable bonds is 4. The summed E-state index contributed by atoms with van der Waals surface area (Å²) in [7, 11) is 0. The van der Waals surface area contributed by atoms with Crippen LogP contribution in [0.2, 0.25) is 0 Å². The van der Waals surface area contributed by atoms with E-state index in [0.29, 0.717) is 6.54 Å². The number of thioether (sulfide) groups is 1. The van der Waals surface area contributed by atoms with Crippen LogP contribution in [0.4, 0.5) is 0 Å². The fourth-order valence-electron chi connectivity index (χ4n) is 3.29. The van der Waals surface area contributed by atoms with Crippen molar-refractivity contribution in [1.82, 2.24) is 19.8 Å². The third kappa shape index (κ3) is 4.22. The molecule has 2 aliphatic rings. The Balaban J connectivity index is 1.67. The lowest BCUT2D eigenvalue weighted by Crippen LogP contribution is -2.48. The van der Waals surface area contributed by atoms with Crippen LogP contribution in [0, 0.1) is 0 Å². The van der Waals surface area contributed by atoms with Crippen LogP contribution in [-0.2, 0) is 19.5 Å². The van der Waals surface area contributed by atoms with Gasteiger partial charge in [0.05, 0.1) is 12.2 Å². The number of nitrogens with one attached hydrogen (secondary N) is 1. The zero-order valence-electron chi connectivity index (χ0n) is 14.4. The van der Waals surface area contributed by atoms with E-state index >= 15 is 0 Å². The van der Waals surface area contributed by atoms with Gasteiger partial charge in [-0.05, 0) is 26.2 Å². The minimum absolute atomic E-state index is 0.683. The lowest BCUT2D eigenvalue weighted by molar-refractivity contribution is 0.408. The number of imidazole rings is 1. The van der Waals surface area contributed by atoms with Crippen LogP contribution < -0.4 is 5.32 Å². The van der Waals surface area contributed by atoms with Crippen LogP contribution >= 0.6 is 11.8 Å². The Labute approximate surface area is 143 Å². The van der Waals surface area contributed by atoms with Crippen molar-refractivity contribution in [3.05, 3.63) is 17.7 Å². The maximum absolute atomic E-state index is 4.87. The minimum atomic E-state index is 0.683. The molecule has 1 aromatic heterocycles. The highest BCUT2D eigenvalue weighted by Gasteiger charge is 2.21. The Morgan fingerprint density at radius 2 is 2.30 bits per heavy atom. The molecule has 1 fully saturated rings. The summed E-state index contributed by atoms with van der Waals surface area (Å²) in [5.74, 6) is 3.49. The summed E-state index contributed by atoms with van der Waals surface area (Å²) in [6.45, 7) is 9.33. The molecular weight excluding hydrogens is 306 g/mol. The molecule has 1 N–H and O–H groups in total. The first-order valence-electron chi connectivity index (χ1n) is 9.00. The Hall–Kier alpha value is -1.17. The Kier molecular flexibility index (Phi) is 5.86. The molecule has 128 valence electrons. The fraction of sp³-hybridized carbons (Fsp3) is 0.765. The average Bonchev–Trinajstić information content (AvgIpc) is 3.01.